The molecule has 1 aromatic rings. The van der Waals surface area contributed by atoms with Crippen LogP contribution in [0.1, 0.15) is 71.4 Å². The van der Waals surface area contributed by atoms with Crippen molar-refractivity contribution in [2.75, 3.05) is 0 Å². The fourth-order valence-electron chi connectivity index (χ4n) is 3.41. The van der Waals surface area contributed by atoms with Gasteiger partial charge in [-0.25, -0.2) is 0 Å². The minimum atomic E-state index is -0.0471. The van der Waals surface area contributed by atoms with Gasteiger partial charge in [-0.3, -0.25) is 0 Å². The Morgan fingerprint density at radius 3 is 2.05 bits per heavy atom. The van der Waals surface area contributed by atoms with Crippen LogP contribution in [0.15, 0.2) is 24.3 Å². The van der Waals surface area contributed by atoms with Crippen LogP contribution in [0.3, 0.4) is 0 Å². The molecule has 1 aliphatic carbocycles. The molecule has 0 amide bonds. The molecule has 1 saturated carbocycles. The van der Waals surface area contributed by atoms with Crippen molar-refractivity contribution in [2.24, 2.45) is 11.1 Å². The second-order valence-electron chi connectivity index (χ2n) is 8.37. The minimum Gasteiger partial charge on any atom is -0.324 e. The molecule has 0 saturated heterocycles. The highest BCUT2D eigenvalue weighted by Crippen LogP contribution is 2.44. The van der Waals surface area contributed by atoms with Gasteiger partial charge in [0, 0.05) is 5.54 Å². The third kappa shape index (κ3) is 3.09. The monoisotopic (exact) mass is 273 g/mol. The molecule has 112 valence electrons. The molecule has 1 atom stereocenters. The van der Waals surface area contributed by atoms with Gasteiger partial charge in [0.1, 0.15) is 0 Å². The zero-order valence-corrected chi connectivity index (χ0v) is 13.9. The summed E-state index contributed by atoms with van der Waals surface area (Å²) in [5.41, 5.74) is 10.00. The van der Waals surface area contributed by atoms with Crippen LogP contribution in [0.4, 0.5) is 0 Å². The van der Waals surface area contributed by atoms with Gasteiger partial charge in [0.25, 0.3) is 0 Å². The molecule has 0 heterocycles. The Kier molecular flexibility index (Phi) is 4.03. The van der Waals surface area contributed by atoms with Crippen molar-refractivity contribution in [2.45, 2.75) is 77.7 Å². The van der Waals surface area contributed by atoms with Crippen LogP contribution < -0.4 is 5.73 Å². The van der Waals surface area contributed by atoms with Crippen molar-refractivity contribution >= 4 is 0 Å². The lowest BCUT2D eigenvalue weighted by molar-refractivity contribution is 0.0990. The molecule has 1 aromatic carbocycles. The predicted molar refractivity (Wildman–Crippen MR) is 88.0 cm³/mol. The lowest BCUT2D eigenvalue weighted by Crippen LogP contribution is -2.56. The molecule has 0 aromatic heterocycles. The summed E-state index contributed by atoms with van der Waals surface area (Å²) < 4.78 is 0. The summed E-state index contributed by atoms with van der Waals surface area (Å²) in [7, 11) is 0. The third-order valence-electron chi connectivity index (χ3n) is 5.36. The maximum Gasteiger partial charge on any atom is 0.0246 e. The van der Waals surface area contributed by atoms with Crippen LogP contribution in [0.25, 0.3) is 0 Å². The lowest BCUT2D eigenvalue weighted by atomic mass is 9.61. The average Bonchev–Trinajstić information content (AvgIpc) is 2.33. The number of rotatable bonds is 2. The van der Waals surface area contributed by atoms with E-state index in [0.717, 1.165) is 12.8 Å². The van der Waals surface area contributed by atoms with Crippen LogP contribution in [0, 0.1) is 5.41 Å². The second kappa shape index (κ2) is 5.18. The Labute approximate surface area is 125 Å². The van der Waals surface area contributed by atoms with Gasteiger partial charge >= 0.3 is 0 Å². The first-order chi connectivity index (χ1) is 9.14. The molecule has 1 aliphatic rings. The van der Waals surface area contributed by atoms with E-state index in [1.165, 1.54) is 30.4 Å². The summed E-state index contributed by atoms with van der Waals surface area (Å²) in [6.45, 7) is 11.5. The lowest BCUT2D eigenvalue weighted by Gasteiger charge is -2.48. The van der Waals surface area contributed by atoms with Gasteiger partial charge in [0.05, 0.1) is 0 Å². The fraction of sp³-hybridized carbons (Fsp3) is 0.684. The first-order valence-corrected chi connectivity index (χ1v) is 8.02. The maximum atomic E-state index is 6.79. The van der Waals surface area contributed by atoms with Crippen molar-refractivity contribution in [3.63, 3.8) is 0 Å². The predicted octanol–water partition coefficient (Wildman–Crippen LogP) is 4.82. The highest BCUT2D eigenvalue weighted by molar-refractivity contribution is 5.29. The molecule has 0 bridgehead atoms. The number of hydrogen-bond acceptors (Lipinski definition) is 1. The highest BCUT2D eigenvalue weighted by atomic mass is 14.8. The van der Waals surface area contributed by atoms with Gasteiger partial charge in [0.2, 0.25) is 0 Å². The van der Waals surface area contributed by atoms with Gasteiger partial charge in [-0.2, -0.15) is 0 Å². The summed E-state index contributed by atoms with van der Waals surface area (Å²) in [6.07, 6.45) is 6.02. The summed E-state index contributed by atoms with van der Waals surface area (Å²) in [5, 5.41) is 0. The van der Waals surface area contributed by atoms with Crippen molar-refractivity contribution in [3.05, 3.63) is 35.4 Å². The Morgan fingerprint density at radius 1 is 1.00 bits per heavy atom. The summed E-state index contributed by atoms with van der Waals surface area (Å²) in [4.78, 5) is 0. The second-order valence-corrected chi connectivity index (χ2v) is 8.37. The average molecular weight is 273 g/mol. The van der Waals surface area contributed by atoms with E-state index in [2.05, 4.69) is 58.9 Å². The van der Waals surface area contributed by atoms with E-state index in [0.29, 0.717) is 0 Å². The first-order valence-electron chi connectivity index (χ1n) is 8.02. The molecular formula is C19H31N. The standard InChI is InChI=1S/C19H31N/c1-17(2,3)16-10-8-15(9-11-16)14-19(20)13-7-6-12-18(19,4)5/h8-11H,6-7,12-14,20H2,1-5H3. The van der Waals surface area contributed by atoms with E-state index in [-0.39, 0.29) is 16.4 Å². The zero-order chi connectivity index (χ0) is 15.0. The summed E-state index contributed by atoms with van der Waals surface area (Å²) >= 11 is 0. The molecule has 0 spiro atoms. The molecule has 2 rings (SSSR count). The van der Waals surface area contributed by atoms with Gasteiger partial charge in [-0.1, -0.05) is 71.7 Å². The molecule has 20 heavy (non-hydrogen) atoms. The zero-order valence-electron chi connectivity index (χ0n) is 13.9. The number of nitrogens with two attached hydrogens (primary N) is 1. The Balaban J connectivity index is 2.17. The number of benzene rings is 1. The topological polar surface area (TPSA) is 26.0 Å². The SMILES string of the molecule is CC(C)(C)c1ccc(CC2(N)CCCCC2(C)C)cc1. The van der Waals surface area contributed by atoms with Crippen LogP contribution in [0.5, 0.6) is 0 Å². The fourth-order valence-corrected chi connectivity index (χ4v) is 3.41. The van der Waals surface area contributed by atoms with Crippen molar-refractivity contribution in [1.29, 1.82) is 0 Å². The van der Waals surface area contributed by atoms with Gasteiger partial charge < -0.3 is 5.73 Å². The Hall–Kier alpha value is -0.820. The maximum absolute atomic E-state index is 6.79. The van der Waals surface area contributed by atoms with E-state index >= 15 is 0 Å². The largest absolute Gasteiger partial charge is 0.324 e. The van der Waals surface area contributed by atoms with Crippen LogP contribution in [0.2, 0.25) is 0 Å². The normalized spacial score (nSPS) is 26.5. The van der Waals surface area contributed by atoms with E-state index < -0.39 is 0 Å². The van der Waals surface area contributed by atoms with Crippen LogP contribution in [-0.4, -0.2) is 5.54 Å². The van der Waals surface area contributed by atoms with Gasteiger partial charge in [-0.05, 0) is 41.2 Å². The van der Waals surface area contributed by atoms with E-state index in [4.69, 9.17) is 5.73 Å². The highest BCUT2D eigenvalue weighted by Gasteiger charge is 2.43. The smallest absolute Gasteiger partial charge is 0.0246 e. The molecule has 0 aliphatic heterocycles. The van der Waals surface area contributed by atoms with Crippen molar-refractivity contribution < 1.29 is 0 Å². The molecule has 1 unspecified atom stereocenters. The molecular weight excluding hydrogens is 242 g/mol. The summed E-state index contributed by atoms with van der Waals surface area (Å²) in [6, 6.07) is 9.10. The molecule has 1 fully saturated rings. The molecule has 1 heteroatoms. The van der Waals surface area contributed by atoms with E-state index in [1.54, 1.807) is 0 Å². The molecule has 0 radical (unpaired) electrons. The van der Waals surface area contributed by atoms with Gasteiger partial charge in [0.15, 0.2) is 0 Å². The van der Waals surface area contributed by atoms with Gasteiger partial charge in [-0.15, -0.1) is 0 Å². The van der Waals surface area contributed by atoms with E-state index in [9.17, 15) is 0 Å². The van der Waals surface area contributed by atoms with Crippen molar-refractivity contribution in [3.8, 4) is 0 Å². The Morgan fingerprint density at radius 2 is 1.55 bits per heavy atom. The first kappa shape index (κ1) is 15.6. The third-order valence-corrected chi connectivity index (χ3v) is 5.36. The van der Waals surface area contributed by atoms with Crippen LogP contribution in [-0.2, 0) is 11.8 Å². The molecule has 1 nitrogen and oxygen atoms in total. The minimum absolute atomic E-state index is 0.0471. The quantitative estimate of drug-likeness (QED) is 0.821. The number of hydrogen-bond donors (Lipinski definition) is 1. The van der Waals surface area contributed by atoms with Crippen molar-refractivity contribution in [1.82, 2.24) is 0 Å². The van der Waals surface area contributed by atoms with E-state index in [1.807, 2.05) is 0 Å². The Bertz CT molecular complexity index is 450. The van der Waals surface area contributed by atoms with Crippen LogP contribution >= 0.6 is 0 Å². The summed E-state index contributed by atoms with van der Waals surface area (Å²) in [5.74, 6) is 0. The molecule has 2 N–H and O–H groups in total.